The zero-order chi connectivity index (χ0) is 22.1. The highest BCUT2D eigenvalue weighted by Crippen LogP contribution is 2.24. The van der Waals surface area contributed by atoms with Gasteiger partial charge in [0.05, 0.1) is 18.5 Å². The predicted octanol–water partition coefficient (Wildman–Crippen LogP) is 5.25. The lowest BCUT2D eigenvalue weighted by Gasteiger charge is -2.23. The van der Waals surface area contributed by atoms with Gasteiger partial charge in [0.2, 0.25) is 10.0 Å². The number of amides is 1. The Morgan fingerprint density at radius 1 is 1.10 bits per heavy atom. The van der Waals surface area contributed by atoms with E-state index in [4.69, 9.17) is 11.6 Å². The molecule has 0 aromatic heterocycles. The largest absolute Gasteiger partial charge is 0.352 e. The summed E-state index contributed by atoms with van der Waals surface area (Å²) in [6, 6.07) is 13.8. The second-order valence-electron chi connectivity index (χ2n) is 7.53. The molecule has 2 aromatic carbocycles. The normalized spacial score (nSPS) is 12.4. The lowest BCUT2D eigenvalue weighted by atomic mass is 9.99. The SMILES string of the molecule is CCCC[C@@H](CC)CNC(=O)c1ccc(N(Cc2ccccc2Cl)S(C)(=O)=O)cc1. The van der Waals surface area contributed by atoms with E-state index in [0.717, 1.165) is 31.9 Å². The maximum Gasteiger partial charge on any atom is 0.251 e. The van der Waals surface area contributed by atoms with Gasteiger partial charge in [0, 0.05) is 17.1 Å². The Labute approximate surface area is 185 Å². The van der Waals surface area contributed by atoms with Crippen LogP contribution in [0.5, 0.6) is 0 Å². The van der Waals surface area contributed by atoms with E-state index in [-0.39, 0.29) is 12.5 Å². The summed E-state index contributed by atoms with van der Waals surface area (Å²) in [5.41, 5.74) is 1.71. The lowest BCUT2D eigenvalue weighted by molar-refractivity contribution is 0.0946. The highest BCUT2D eigenvalue weighted by molar-refractivity contribution is 7.92. The number of benzene rings is 2. The zero-order valence-electron chi connectivity index (χ0n) is 17.9. The Morgan fingerprint density at radius 2 is 1.77 bits per heavy atom. The number of hydrogen-bond donors (Lipinski definition) is 1. The van der Waals surface area contributed by atoms with E-state index in [1.54, 1.807) is 42.5 Å². The van der Waals surface area contributed by atoms with Crippen molar-refractivity contribution in [1.82, 2.24) is 5.32 Å². The fourth-order valence-corrected chi connectivity index (χ4v) is 4.32. The molecule has 0 unspecified atom stereocenters. The summed E-state index contributed by atoms with van der Waals surface area (Å²) < 4.78 is 26.0. The molecule has 0 spiro atoms. The lowest BCUT2D eigenvalue weighted by Crippen LogP contribution is -2.30. The maximum atomic E-state index is 12.5. The molecule has 0 fully saturated rings. The molecule has 0 saturated carbocycles. The van der Waals surface area contributed by atoms with Gasteiger partial charge >= 0.3 is 0 Å². The molecule has 0 aliphatic heterocycles. The number of nitrogens with zero attached hydrogens (tertiary/aromatic N) is 1. The Bertz CT molecular complexity index is 930. The van der Waals surface area contributed by atoms with E-state index in [9.17, 15) is 13.2 Å². The summed E-state index contributed by atoms with van der Waals surface area (Å²) in [5.74, 6) is 0.332. The number of hydrogen-bond acceptors (Lipinski definition) is 3. The van der Waals surface area contributed by atoms with Crippen LogP contribution >= 0.6 is 11.6 Å². The van der Waals surface area contributed by atoms with Gasteiger partial charge in [0.1, 0.15) is 0 Å². The third kappa shape index (κ3) is 7.03. The molecule has 1 N–H and O–H groups in total. The Hall–Kier alpha value is -2.05. The van der Waals surface area contributed by atoms with Crippen LogP contribution in [-0.4, -0.2) is 27.1 Å². The molecule has 30 heavy (non-hydrogen) atoms. The van der Waals surface area contributed by atoms with Crippen LogP contribution in [0, 0.1) is 5.92 Å². The van der Waals surface area contributed by atoms with Gasteiger partial charge in [0.15, 0.2) is 0 Å². The topological polar surface area (TPSA) is 66.5 Å². The Balaban J connectivity index is 2.11. The minimum Gasteiger partial charge on any atom is -0.352 e. The predicted molar refractivity (Wildman–Crippen MR) is 125 cm³/mol. The van der Waals surface area contributed by atoms with Gasteiger partial charge in [-0.2, -0.15) is 0 Å². The molecule has 0 aliphatic carbocycles. The van der Waals surface area contributed by atoms with E-state index in [1.807, 2.05) is 6.07 Å². The Morgan fingerprint density at radius 3 is 2.33 bits per heavy atom. The monoisotopic (exact) mass is 450 g/mol. The third-order valence-electron chi connectivity index (χ3n) is 5.18. The average molecular weight is 451 g/mol. The maximum absolute atomic E-state index is 12.5. The van der Waals surface area contributed by atoms with Crippen LogP contribution in [0.25, 0.3) is 0 Å². The van der Waals surface area contributed by atoms with Crippen molar-refractivity contribution in [2.45, 2.75) is 46.1 Å². The summed E-state index contributed by atoms with van der Waals surface area (Å²) in [4.78, 5) is 12.5. The van der Waals surface area contributed by atoms with E-state index >= 15 is 0 Å². The third-order valence-corrected chi connectivity index (χ3v) is 6.69. The van der Waals surface area contributed by atoms with Gasteiger partial charge in [-0.1, -0.05) is 62.9 Å². The molecule has 0 saturated heterocycles. The summed E-state index contributed by atoms with van der Waals surface area (Å²) in [6.45, 7) is 5.08. The van der Waals surface area contributed by atoms with Gasteiger partial charge in [0.25, 0.3) is 5.91 Å². The van der Waals surface area contributed by atoms with Crippen LogP contribution in [0.4, 0.5) is 5.69 Å². The van der Waals surface area contributed by atoms with Crippen LogP contribution < -0.4 is 9.62 Å². The highest BCUT2D eigenvalue weighted by atomic mass is 35.5. The van der Waals surface area contributed by atoms with Crippen molar-refractivity contribution in [3.05, 3.63) is 64.7 Å². The summed E-state index contributed by atoms with van der Waals surface area (Å²) >= 11 is 6.20. The van der Waals surface area contributed by atoms with Gasteiger partial charge in [-0.05, 0) is 48.2 Å². The molecule has 7 heteroatoms. The molecular weight excluding hydrogens is 420 g/mol. The number of carbonyl (C=O) groups excluding carboxylic acids is 1. The van der Waals surface area contributed by atoms with Gasteiger partial charge in [-0.15, -0.1) is 0 Å². The van der Waals surface area contributed by atoms with Crippen molar-refractivity contribution < 1.29 is 13.2 Å². The number of sulfonamides is 1. The molecular formula is C23H31ClN2O3S. The molecule has 1 amide bonds. The van der Waals surface area contributed by atoms with Gasteiger partial charge < -0.3 is 5.32 Å². The first-order chi connectivity index (χ1) is 14.3. The van der Waals surface area contributed by atoms with Crippen molar-refractivity contribution in [2.24, 2.45) is 5.92 Å². The van der Waals surface area contributed by atoms with Crippen molar-refractivity contribution in [3.8, 4) is 0 Å². The summed E-state index contributed by atoms with van der Waals surface area (Å²) in [6.07, 6.45) is 5.61. The molecule has 0 aliphatic rings. The van der Waals surface area contributed by atoms with Crippen LogP contribution in [-0.2, 0) is 16.6 Å². The van der Waals surface area contributed by atoms with Crippen molar-refractivity contribution in [1.29, 1.82) is 0 Å². The first kappa shape index (κ1) is 24.2. The molecule has 0 bridgehead atoms. The second-order valence-corrected chi connectivity index (χ2v) is 9.85. The smallest absolute Gasteiger partial charge is 0.251 e. The van der Waals surface area contributed by atoms with E-state index in [2.05, 4.69) is 19.2 Å². The minimum atomic E-state index is -3.53. The van der Waals surface area contributed by atoms with Gasteiger partial charge in [-0.3, -0.25) is 9.10 Å². The standard InChI is InChI=1S/C23H31ClN2O3S/c1-4-6-9-18(5-2)16-25-23(27)19-12-14-21(15-13-19)26(30(3,28)29)17-20-10-7-8-11-22(20)24/h7-8,10-15,18H,4-6,9,16-17H2,1-3H3,(H,25,27)/t18-/m1/s1. The van der Waals surface area contributed by atoms with Crippen molar-refractivity contribution in [3.63, 3.8) is 0 Å². The number of rotatable bonds is 11. The van der Waals surface area contributed by atoms with Crippen molar-refractivity contribution in [2.75, 3.05) is 17.1 Å². The van der Waals surface area contributed by atoms with E-state index in [0.29, 0.717) is 34.3 Å². The van der Waals surface area contributed by atoms with Crippen LogP contribution in [0.15, 0.2) is 48.5 Å². The molecule has 5 nitrogen and oxygen atoms in total. The quantitative estimate of drug-likeness (QED) is 0.508. The number of nitrogens with one attached hydrogen (secondary N) is 1. The molecule has 0 heterocycles. The molecule has 1 atom stereocenters. The average Bonchev–Trinajstić information content (AvgIpc) is 2.72. The first-order valence-electron chi connectivity index (χ1n) is 10.4. The fourth-order valence-electron chi connectivity index (χ4n) is 3.24. The number of halogens is 1. The molecule has 2 rings (SSSR count). The zero-order valence-corrected chi connectivity index (χ0v) is 19.5. The summed E-state index contributed by atoms with van der Waals surface area (Å²) in [5, 5.41) is 3.51. The van der Waals surface area contributed by atoms with Gasteiger partial charge in [-0.25, -0.2) is 8.42 Å². The minimum absolute atomic E-state index is 0.125. The second kappa shape index (κ2) is 11.4. The summed E-state index contributed by atoms with van der Waals surface area (Å²) in [7, 11) is -3.53. The highest BCUT2D eigenvalue weighted by Gasteiger charge is 2.19. The van der Waals surface area contributed by atoms with E-state index < -0.39 is 10.0 Å². The molecule has 2 aromatic rings. The first-order valence-corrected chi connectivity index (χ1v) is 12.6. The van der Waals surface area contributed by atoms with E-state index in [1.165, 1.54) is 4.31 Å². The van der Waals surface area contributed by atoms with Crippen LogP contribution in [0.3, 0.4) is 0 Å². The number of anilines is 1. The van der Waals surface area contributed by atoms with Crippen molar-refractivity contribution >= 4 is 33.2 Å². The van der Waals surface area contributed by atoms with Crippen LogP contribution in [0.2, 0.25) is 5.02 Å². The molecule has 0 radical (unpaired) electrons. The number of carbonyl (C=O) groups is 1. The fraction of sp³-hybridized carbons (Fsp3) is 0.435. The Kier molecular flexibility index (Phi) is 9.18. The molecule has 164 valence electrons. The van der Waals surface area contributed by atoms with Crippen LogP contribution in [0.1, 0.15) is 55.5 Å². The number of unbranched alkanes of at least 4 members (excludes halogenated alkanes) is 1.